The van der Waals surface area contributed by atoms with Crippen molar-refractivity contribution in [2.24, 2.45) is 11.7 Å². The minimum absolute atomic E-state index is 0.0443. The van der Waals surface area contributed by atoms with E-state index in [9.17, 15) is 4.79 Å². The monoisotopic (exact) mass is 248 g/mol. The van der Waals surface area contributed by atoms with Gasteiger partial charge in [-0.3, -0.25) is 4.79 Å². The molecule has 100 valence electrons. The van der Waals surface area contributed by atoms with Crippen molar-refractivity contribution in [3.05, 3.63) is 29.3 Å². The number of anilines is 1. The highest BCUT2D eigenvalue weighted by atomic mass is 16.1. The summed E-state index contributed by atoms with van der Waals surface area (Å²) in [5.74, 6) is 0.462. The molecule has 3 N–H and O–H groups in total. The fourth-order valence-electron chi connectivity index (χ4n) is 1.77. The van der Waals surface area contributed by atoms with E-state index in [1.807, 2.05) is 13.8 Å². The second-order valence-corrected chi connectivity index (χ2v) is 5.20. The van der Waals surface area contributed by atoms with Gasteiger partial charge in [0, 0.05) is 11.6 Å². The number of nitrogens with one attached hydrogen (secondary N) is 1. The summed E-state index contributed by atoms with van der Waals surface area (Å²) < 4.78 is 0. The second-order valence-electron chi connectivity index (χ2n) is 5.20. The Bertz CT molecular complexity index is 413. The number of carbonyl (C=O) groups is 1. The van der Waals surface area contributed by atoms with Gasteiger partial charge >= 0.3 is 0 Å². The van der Waals surface area contributed by atoms with Gasteiger partial charge in [0.05, 0.1) is 0 Å². The van der Waals surface area contributed by atoms with E-state index in [1.165, 1.54) is 5.56 Å². The molecule has 1 aromatic carbocycles. The average Bonchev–Trinajstić information content (AvgIpc) is 2.31. The maximum Gasteiger partial charge on any atom is 0.227 e. The number of rotatable bonds is 5. The van der Waals surface area contributed by atoms with Gasteiger partial charge in [-0.2, -0.15) is 0 Å². The van der Waals surface area contributed by atoms with E-state index >= 15 is 0 Å². The summed E-state index contributed by atoms with van der Waals surface area (Å²) in [6, 6.07) is 6.23. The highest BCUT2D eigenvalue weighted by Gasteiger charge is 2.13. The lowest BCUT2D eigenvalue weighted by molar-refractivity contribution is -0.119. The minimum Gasteiger partial charge on any atom is -0.330 e. The molecule has 0 aromatic heterocycles. The van der Waals surface area contributed by atoms with Crippen LogP contribution in [0.5, 0.6) is 0 Å². The van der Waals surface area contributed by atoms with Crippen LogP contribution in [0.25, 0.3) is 0 Å². The molecule has 0 aliphatic heterocycles. The predicted molar refractivity (Wildman–Crippen MR) is 76.7 cm³/mol. The Hall–Kier alpha value is -1.35. The lowest BCUT2D eigenvalue weighted by Gasteiger charge is -2.15. The van der Waals surface area contributed by atoms with Crippen molar-refractivity contribution in [2.45, 2.75) is 40.0 Å². The summed E-state index contributed by atoms with van der Waals surface area (Å²) >= 11 is 0. The molecule has 1 rings (SSSR count). The first-order valence-electron chi connectivity index (χ1n) is 6.57. The van der Waals surface area contributed by atoms with E-state index in [2.05, 4.69) is 37.4 Å². The molecule has 0 fully saturated rings. The molecule has 0 spiro atoms. The van der Waals surface area contributed by atoms with Crippen LogP contribution >= 0.6 is 0 Å². The maximum absolute atomic E-state index is 12.0. The van der Waals surface area contributed by atoms with Crippen LogP contribution in [0.1, 0.15) is 44.2 Å². The first-order chi connectivity index (χ1) is 8.45. The largest absolute Gasteiger partial charge is 0.330 e. The normalized spacial score (nSPS) is 12.6. The summed E-state index contributed by atoms with van der Waals surface area (Å²) in [5.41, 5.74) is 8.72. The summed E-state index contributed by atoms with van der Waals surface area (Å²) in [5, 5.41) is 3.00. The zero-order valence-electron chi connectivity index (χ0n) is 11.8. The first kappa shape index (κ1) is 14.7. The number of hydrogen-bond acceptors (Lipinski definition) is 2. The number of carbonyl (C=O) groups excluding carboxylic acids is 1. The van der Waals surface area contributed by atoms with Crippen LogP contribution < -0.4 is 11.1 Å². The van der Waals surface area contributed by atoms with Gasteiger partial charge in [-0.05, 0) is 43.0 Å². The van der Waals surface area contributed by atoms with E-state index in [0.29, 0.717) is 12.5 Å². The molecular formula is C15H24N2O. The second kappa shape index (κ2) is 6.55. The van der Waals surface area contributed by atoms with Gasteiger partial charge in [-0.15, -0.1) is 0 Å². The van der Waals surface area contributed by atoms with Crippen LogP contribution in [-0.2, 0) is 4.79 Å². The molecule has 1 amide bonds. The molecule has 1 unspecified atom stereocenters. The smallest absolute Gasteiger partial charge is 0.227 e. The molecule has 18 heavy (non-hydrogen) atoms. The van der Waals surface area contributed by atoms with E-state index in [-0.39, 0.29) is 11.8 Å². The predicted octanol–water partition coefficient (Wildman–Crippen LogP) is 3.04. The van der Waals surface area contributed by atoms with Crippen molar-refractivity contribution in [3.8, 4) is 0 Å². The highest BCUT2D eigenvalue weighted by molar-refractivity contribution is 5.93. The Morgan fingerprint density at radius 3 is 2.56 bits per heavy atom. The SMILES string of the molecule is Cc1ccc(C(C)C)cc1NC(=O)C(C)CCN. The van der Waals surface area contributed by atoms with Gasteiger partial charge in [0.2, 0.25) is 5.91 Å². The Labute approximate surface area is 110 Å². The summed E-state index contributed by atoms with van der Waals surface area (Å²) in [7, 11) is 0. The molecule has 1 atom stereocenters. The third-order valence-electron chi connectivity index (χ3n) is 3.23. The van der Waals surface area contributed by atoms with E-state index in [1.54, 1.807) is 0 Å². The lowest BCUT2D eigenvalue weighted by Crippen LogP contribution is -2.23. The topological polar surface area (TPSA) is 55.1 Å². The number of hydrogen-bond donors (Lipinski definition) is 2. The molecule has 0 aliphatic carbocycles. The fourth-order valence-corrected chi connectivity index (χ4v) is 1.77. The number of nitrogens with two attached hydrogens (primary N) is 1. The fraction of sp³-hybridized carbons (Fsp3) is 0.533. The van der Waals surface area contributed by atoms with Crippen LogP contribution in [0.3, 0.4) is 0 Å². The van der Waals surface area contributed by atoms with Crippen LogP contribution in [0, 0.1) is 12.8 Å². The standard InChI is InChI=1S/C15H24N2O/c1-10(2)13-6-5-11(3)14(9-13)17-15(18)12(4)7-8-16/h5-6,9-10,12H,7-8,16H2,1-4H3,(H,17,18). The van der Waals surface area contributed by atoms with Crippen LogP contribution in [0.4, 0.5) is 5.69 Å². The summed E-state index contributed by atoms with van der Waals surface area (Å²) in [6.45, 7) is 8.75. The molecule has 3 heteroatoms. The molecule has 0 saturated heterocycles. The highest BCUT2D eigenvalue weighted by Crippen LogP contribution is 2.23. The van der Waals surface area contributed by atoms with Crippen molar-refractivity contribution >= 4 is 11.6 Å². The zero-order chi connectivity index (χ0) is 13.7. The van der Waals surface area contributed by atoms with Crippen LogP contribution in [-0.4, -0.2) is 12.5 Å². The van der Waals surface area contributed by atoms with Crippen molar-refractivity contribution in [2.75, 3.05) is 11.9 Å². The minimum atomic E-state index is -0.0443. The Morgan fingerprint density at radius 2 is 2.00 bits per heavy atom. The van der Waals surface area contributed by atoms with E-state index in [4.69, 9.17) is 5.73 Å². The summed E-state index contributed by atoms with van der Waals surface area (Å²) in [6.07, 6.45) is 0.717. The van der Waals surface area contributed by atoms with Gasteiger partial charge in [-0.1, -0.05) is 32.9 Å². The van der Waals surface area contributed by atoms with Gasteiger partial charge < -0.3 is 11.1 Å². The van der Waals surface area contributed by atoms with Gasteiger partial charge in [0.15, 0.2) is 0 Å². The zero-order valence-corrected chi connectivity index (χ0v) is 11.8. The third-order valence-corrected chi connectivity index (χ3v) is 3.23. The Morgan fingerprint density at radius 1 is 1.33 bits per heavy atom. The number of aryl methyl sites for hydroxylation is 1. The molecule has 3 nitrogen and oxygen atoms in total. The molecule has 0 radical (unpaired) electrons. The van der Waals surface area contributed by atoms with Gasteiger partial charge in [-0.25, -0.2) is 0 Å². The van der Waals surface area contributed by atoms with Gasteiger partial charge in [0.1, 0.15) is 0 Å². The average molecular weight is 248 g/mol. The van der Waals surface area contributed by atoms with Crippen molar-refractivity contribution in [1.82, 2.24) is 0 Å². The molecule has 0 saturated carbocycles. The Balaban J connectivity index is 2.83. The third kappa shape index (κ3) is 3.84. The molecule has 1 aromatic rings. The molecular weight excluding hydrogens is 224 g/mol. The van der Waals surface area contributed by atoms with E-state index < -0.39 is 0 Å². The quantitative estimate of drug-likeness (QED) is 0.841. The maximum atomic E-state index is 12.0. The first-order valence-corrected chi connectivity index (χ1v) is 6.57. The lowest BCUT2D eigenvalue weighted by atomic mass is 10.00. The Kier molecular flexibility index (Phi) is 5.35. The van der Waals surface area contributed by atoms with Crippen LogP contribution in [0.15, 0.2) is 18.2 Å². The van der Waals surface area contributed by atoms with E-state index in [0.717, 1.165) is 17.7 Å². The molecule has 0 aliphatic rings. The van der Waals surface area contributed by atoms with Crippen molar-refractivity contribution in [1.29, 1.82) is 0 Å². The number of amides is 1. The van der Waals surface area contributed by atoms with Gasteiger partial charge in [0.25, 0.3) is 0 Å². The van der Waals surface area contributed by atoms with Crippen molar-refractivity contribution < 1.29 is 4.79 Å². The van der Waals surface area contributed by atoms with Crippen molar-refractivity contribution in [3.63, 3.8) is 0 Å². The molecule has 0 heterocycles. The summed E-state index contributed by atoms with van der Waals surface area (Å²) in [4.78, 5) is 12.0. The molecule has 0 bridgehead atoms. The van der Waals surface area contributed by atoms with Crippen LogP contribution in [0.2, 0.25) is 0 Å². The number of benzene rings is 1.